The van der Waals surface area contributed by atoms with Crippen molar-refractivity contribution in [3.63, 3.8) is 0 Å². The fourth-order valence-corrected chi connectivity index (χ4v) is 2.86. The van der Waals surface area contributed by atoms with Crippen LogP contribution in [0.25, 0.3) is 0 Å². The lowest BCUT2D eigenvalue weighted by Crippen LogP contribution is -2.35. The number of imidazole rings is 1. The minimum Gasteiger partial charge on any atom is -0.393 e. The van der Waals surface area contributed by atoms with Gasteiger partial charge in [0.05, 0.1) is 4.99 Å². The highest BCUT2D eigenvalue weighted by Gasteiger charge is 2.21. The van der Waals surface area contributed by atoms with Crippen LogP contribution in [0.5, 0.6) is 0 Å². The Hall–Kier alpha value is -0.990. The minimum absolute atomic E-state index is 0.00675. The topological polar surface area (TPSA) is 90.0 Å². The molecule has 6 nitrogen and oxygen atoms in total. The molecule has 0 aliphatic rings. The molecule has 0 aliphatic carbocycles. The predicted octanol–water partition coefficient (Wildman–Crippen LogP) is 0.0715. The van der Waals surface area contributed by atoms with E-state index < -0.39 is 10.0 Å². The van der Waals surface area contributed by atoms with Gasteiger partial charge < -0.3 is 10.3 Å². The normalized spacial score (nSPS) is 13.6. The van der Waals surface area contributed by atoms with Crippen molar-refractivity contribution in [3.05, 3.63) is 12.0 Å². The van der Waals surface area contributed by atoms with Crippen molar-refractivity contribution in [3.8, 4) is 0 Å². The van der Waals surface area contributed by atoms with Crippen LogP contribution in [0.15, 0.2) is 11.2 Å². The number of nitrogens with zero attached hydrogens (tertiary/aromatic N) is 2. The van der Waals surface area contributed by atoms with Crippen LogP contribution in [0.3, 0.4) is 0 Å². The smallest absolute Gasteiger partial charge is 0.259 e. The van der Waals surface area contributed by atoms with E-state index in [0.717, 1.165) is 0 Å². The van der Waals surface area contributed by atoms with Gasteiger partial charge in [-0.25, -0.2) is 18.1 Å². The second-order valence-electron chi connectivity index (χ2n) is 3.93. The molecule has 0 bridgehead atoms. The first kappa shape index (κ1) is 14.1. The van der Waals surface area contributed by atoms with Crippen LogP contribution in [0.1, 0.15) is 19.2 Å². The van der Waals surface area contributed by atoms with Crippen molar-refractivity contribution in [1.29, 1.82) is 0 Å². The summed E-state index contributed by atoms with van der Waals surface area (Å²) in [5.74, 6) is 0.632. The van der Waals surface area contributed by atoms with Crippen LogP contribution in [0, 0.1) is 6.92 Å². The molecule has 0 saturated heterocycles. The van der Waals surface area contributed by atoms with E-state index in [1.54, 1.807) is 25.5 Å². The van der Waals surface area contributed by atoms with E-state index >= 15 is 0 Å². The van der Waals surface area contributed by atoms with Gasteiger partial charge in [0.2, 0.25) is 0 Å². The summed E-state index contributed by atoms with van der Waals surface area (Å²) in [6.07, 6.45) is 1.78. The molecule has 0 radical (unpaired) electrons. The van der Waals surface area contributed by atoms with Gasteiger partial charge in [-0.05, 0) is 13.8 Å². The number of nitrogens with two attached hydrogens (primary N) is 1. The van der Waals surface area contributed by atoms with Crippen LogP contribution >= 0.6 is 12.2 Å². The molecule has 1 aromatic heterocycles. The third-order valence-corrected chi connectivity index (χ3v) is 3.85. The number of sulfonamides is 1. The highest BCUT2D eigenvalue weighted by atomic mass is 32.2. The fraction of sp³-hybridized carbons (Fsp3) is 0.556. The van der Waals surface area contributed by atoms with Gasteiger partial charge in [0.1, 0.15) is 5.82 Å². The number of thiocarbonyl (C=S) groups is 1. The van der Waals surface area contributed by atoms with Gasteiger partial charge in [0.15, 0.2) is 5.03 Å². The Bertz CT molecular complexity index is 502. The molecule has 0 aromatic carbocycles. The van der Waals surface area contributed by atoms with Crippen LogP contribution in [-0.2, 0) is 17.1 Å². The van der Waals surface area contributed by atoms with Gasteiger partial charge in [0, 0.05) is 25.7 Å². The summed E-state index contributed by atoms with van der Waals surface area (Å²) >= 11 is 4.73. The van der Waals surface area contributed by atoms with E-state index in [9.17, 15) is 8.42 Å². The van der Waals surface area contributed by atoms with Gasteiger partial charge in [-0.1, -0.05) is 12.2 Å². The van der Waals surface area contributed by atoms with E-state index in [1.807, 2.05) is 0 Å². The third kappa shape index (κ3) is 3.76. The molecule has 1 heterocycles. The molecule has 3 N–H and O–H groups in total. The van der Waals surface area contributed by atoms with Gasteiger partial charge in [-0.15, -0.1) is 0 Å². The average Bonchev–Trinajstić information content (AvgIpc) is 2.44. The van der Waals surface area contributed by atoms with Crippen molar-refractivity contribution in [2.45, 2.75) is 31.3 Å². The quantitative estimate of drug-likeness (QED) is 0.743. The Kier molecular flexibility index (Phi) is 4.23. The maximum atomic E-state index is 11.9. The summed E-state index contributed by atoms with van der Waals surface area (Å²) in [4.78, 5) is 4.24. The van der Waals surface area contributed by atoms with Gasteiger partial charge >= 0.3 is 0 Å². The fourth-order valence-electron chi connectivity index (χ4n) is 1.32. The highest BCUT2D eigenvalue weighted by Crippen LogP contribution is 2.08. The molecular formula is C9H16N4O2S2. The summed E-state index contributed by atoms with van der Waals surface area (Å²) in [7, 11) is -1.87. The van der Waals surface area contributed by atoms with Crippen molar-refractivity contribution >= 4 is 27.2 Å². The minimum atomic E-state index is -3.60. The molecule has 0 saturated carbocycles. The molecule has 0 spiro atoms. The number of aromatic nitrogens is 2. The number of hydrogen-bond donors (Lipinski definition) is 2. The molecule has 8 heteroatoms. The van der Waals surface area contributed by atoms with Crippen LogP contribution < -0.4 is 10.5 Å². The van der Waals surface area contributed by atoms with Crippen LogP contribution in [0.4, 0.5) is 0 Å². The first-order chi connectivity index (χ1) is 7.72. The summed E-state index contributed by atoms with van der Waals surface area (Å²) in [6.45, 7) is 3.43. The van der Waals surface area contributed by atoms with Crippen LogP contribution in [0.2, 0.25) is 0 Å². The summed E-state index contributed by atoms with van der Waals surface area (Å²) < 4.78 is 28.0. The second-order valence-corrected chi connectivity index (χ2v) is 6.12. The molecule has 96 valence electrons. The predicted molar refractivity (Wildman–Crippen MR) is 69.1 cm³/mol. The number of nitrogens with one attached hydrogen (secondary N) is 1. The molecular weight excluding hydrogens is 260 g/mol. The Morgan fingerprint density at radius 1 is 1.71 bits per heavy atom. The molecule has 1 unspecified atom stereocenters. The van der Waals surface area contributed by atoms with Crippen LogP contribution in [-0.4, -0.2) is 29.0 Å². The zero-order chi connectivity index (χ0) is 13.2. The van der Waals surface area contributed by atoms with Gasteiger partial charge in [-0.2, -0.15) is 0 Å². The Morgan fingerprint density at radius 2 is 2.29 bits per heavy atom. The average molecular weight is 276 g/mol. The summed E-state index contributed by atoms with van der Waals surface area (Å²) in [6, 6.07) is -0.347. The first-order valence-electron chi connectivity index (χ1n) is 5.03. The lowest BCUT2D eigenvalue weighted by atomic mass is 10.3. The molecule has 17 heavy (non-hydrogen) atoms. The Labute approximate surface area is 106 Å². The molecule has 1 atom stereocenters. The molecule has 1 aromatic rings. The first-order valence-corrected chi connectivity index (χ1v) is 6.92. The number of rotatable bonds is 5. The van der Waals surface area contributed by atoms with E-state index in [1.165, 1.54) is 6.20 Å². The maximum Gasteiger partial charge on any atom is 0.259 e. The zero-order valence-corrected chi connectivity index (χ0v) is 11.6. The van der Waals surface area contributed by atoms with Gasteiger partial charge in [0.25, 0.3) is 10.0 Å². The molecule has 0 fully saturated rings. The second kappa shape index (κ2) is 5.11. The summed E-state index contributed by atoms with van der Waals surface area (Å²) in [5, 5.41) is 0.00675. The van der Waals surface area contributed by atoms with Gasteiger partial charge in [-0.3, -0.25) is 0 Å². The zero-order valence-electron chi connectivity index (χ0n) is 9.97. The number of hydrogen-bond acceptors (Lipinski definition) is 4. The van der Waals surface area contributed by atoms with E-state index in [0.29, 0.717) is 12.2 Å². The van der Waals surface area contributed by atoms with E-state index in [4.69, 9.17) is 18.0 Å². The van der Waals surface area contributed by atoms with Crippen molar-refractivity contribution < 1.29 is 8.42 Å². The van der Waals surface area contributed by atoms with E-state index in [2.05, 4.69) is 9.71 Å². The SMILES string of the molecule is Cc1nc(S(=O)(=O)NC(C)CC(N)=S)cn1C. The lowest BCUT2D eigenvalue weighted by Gasteiger charge is -2.11. The molecule has 0 amide bonds. The largest absolute Gasteiger partial charge is 0.393 e. The lowest BCUT2D eigenvalue weighted by molar-refractivity contribution is 0.561. The third-order valence-electron chi connectivity index (χ3n) is 2.23. The Morgan fingerprint density at radius 3 is 2.71 bits per heavy atom. The van der Waals surface area contributed by atoms with Crippen molar-refractivity contribution in [2.75, 3.05) is 0 Å². The monoisotopic (exact) mass is 276 g/mol. The van der Waals surface area contributed by atoms with Crippen molar-refractivity contribution in [1.82, 2.24) is 14.3 Å². The highest BCUT2D eigenvalue weighted by molar-refractivity contribution is 7.89. The standard InChI is InChI=1S/C9H16N4O2S2/c1-6(4-8(10)16)12-17(14,15)9-5-13(3)7(2)11-9/h5-6,12H,4H2,1-3H3,(H2,10,16). The molecule has 0 aliphatic heterocycles. The van der Waals surface area contributed by atoms with E-state index in [-0.39, 0.29) is 16.1 Å². The van der Waals surface area contributed by atoms with Crippen molar-refractivity contribution in [2.24, 2.45) is 12.8 Å². The Balaban J connectivity index is 2.85. The number of aryl methyl sites for hydroxylation is 2. The molecule has 1 rings (SSSR count). The maximum absolute atomic E-state index is 11.9. The summed E-state index contributed by atoms with van der Waals surface area (Å²) in [5.41, 5.74) is 5.36.